The van der Waals surface area contributed by atoms with E-state index in [1.165, 1.54) is 12.5 Å². The summed E-state index contributed by atoms with van der Waals surface area (Å²) in [7, 11) is 0. The number of carbonyl (C=O) groups excluding carboxylic acids is 4. The maximum absolute atomic E-state index is 14.1. The van der Waals surface area contributed by atoms with Gasteiger partial charge in [0.2, 0.25) is 17.5 Å². The number of rotatable bonds is 19. The second-order valence-corrected chi connectivity index (χ2v) is 13.9. The lowest BCUT2D eigenvalue weighted by molar-refractivity contribution is -0.174. The minimum atomic E-state index is -2.33. The predicted octanol–water partition coefficient (Wildman–Crippen LogP) is 5.35. The van der Waals surface area contributed by atoms with Crippen LogP contribution >= 0.6 is 0 Å². The molecule has 0 radical (unpaired) electrons. The Morgan fingerprint density at radius 3 is 2.23 bits per heavy atom. The van der Waals surface area contributed by atoms with E-state index in [2.05, 4.69) is 39.8 Å². The molecular weight excluding hydrogens is 662 g/mol. The zero-order valence-electron chi connectivity index (χ0n) is 30.4. The number of unbranched alkanes of at least 4 members (excludes halogenated alkanes) is 1. The average molecular weight is 714 g/mol. The number of aliphatic hydroxyl groups is 1. The molecule has 0 saturated carbocycles. The van der Waals surface area contributed by atoms with Gasteiger partial charge in [-0.15, -0.1) is 0 Å². The Hall–Kier alpha value is -5.23. The van der Waals surface area contributed by atoms with Crippen molar-refractivity contribution in [2.75, 3.05) is 6.61 Å². The zero-order chi connectivity index (χ0) is 37.5. The lowest BCUT2D eigenvalue weighted by Crippen LogP contribution is -2.61. The van der Waals surface area contributed by atoms with Crippen LogP contribution in [0.3, 0.4) is 0 Å². The summed E-state index contributed by atoms with van der Waals surface area (Å²) in [6.07, 6.45) is 4.13. The number of aromatic nitrogens is 2. The van der Waals surface area contributed by atoms with Gasteiger partial charge in [0.1, 0.15) is 18.7 Å². The van der Waals surface area contributed by atoms with Crippen LogP contribution in [-0.2, 0) is 43.3 Å². The fourth-order valence-corrected chi connectivity index (χ4v) is 5.71. The Morgan fingerprint density at radius 2 is 1.52 bits per heavy atom. The molecule has 4 aromatic rings. The van der Waals surface area contributed by atoms with Gasteiger partial charge < -0.3 is 35.5 Å². The Morgan fingerprint density at radius 1 is 0.808 bits per heavy atom. The molecule has 3 aromatic carbocycles. The summed E-state index contributed by atoms with van der Waals surface area (Å²) in [5, 5.41) is 21.4. The molecule has 3 atom stereocenters. The van der Waals surface area contributed by atoms with Crippen LogP contribution in [0.2, 0.25) is 0 Å². The molecule has 4 rings (SSSR count). The van der Waals surface area contributed by atoms with Crippen LogP contribution in [-0.4, -0.2) is 63.4 Å². The molecule has 12 nitrogen and oxygen atoms in total. The van der Waals surface area contributed by atoms with E-state index >= 15 is 0 Å². The molecule has 3 amide bonds. The van der Waals surface area contributed by atoms with Crippen molar-refractivity contribution < 1.29 is 33.8 Å². The number of amides is 3. The molecule has 1 unspecified atom stereocenters. The van der Waals surface area contributed by atoms with Crippen molar-refractivity contribution in [3.8, 4) is 0 Å². The molecule has 0 aliphatic rings. The van der Waals surface area contributed by atoms with Gasteiger partial charge in [-0.05, 0) is 40.2 Å². The second kappa shape index (κ2) is 19.4. The Balaban J connectivity index is 1.58. The molecule has 0 spiro atoms. The highest BCUT2D eigenvalue weighted by atomic mass is 16.6. The normalized spacial score (nSPS) is 13.6. The molecule has 1 heterocycles. The highest BCUT2D eigenvalue weighted by molar-refractivity contribution is 5.94. The number of nitrogens with zero attached hydrogens (tertiary/aromatic N) is 1. The number of imidazole rings is 1. The van der Waals surface area contributed by atoms with Crippen molar-refractivity contribution in [1.29, 1.82) is 0 Å². The van der Waals surface area contributed by atoms with Crippen LogP contribution in [0.5, 0.6) is 0 Å². The Kier molecular flexibility index (Phi) is 14.8. The minimum absolute atomic E-state index is 0.00260. The summed E-state index contributed by atoms with van der Waals surface area (Å²) in [6, 6.07) is 20.1. The van der Waals surface area contributed by atoms with Gasteiger partial charge in [-0.3, -0.25) is 9.59 Å². The molecule has 0 fully saturated rings. The fraction of sp³-hybridized carbons (Fsp3) is 0.425. The third-order valence-corrected chi connectivity index (χ3v) is 8.52. The van der Waals surface area contributed by atoms with E-state index in [0.717, 1.165) is 34.7 Å². The minimum Gasteiger partial charge on any atom is -0.462 e. The standard InChI is InChI=1S/C40H51N5O7/c1-27(2)13-10-11-20-40(50,38(48)51-24-28(3)4)45-37(47)35(22-32-23-41-26-42-32)43-36(46)34(44-39(49)52-25-29-14-6-5-7-15-29)21-31-18-12-17-30-16-8-9-19-33(30)31/h5-9,12,14-19,23,26-28,34-35,50H,10-11,13,20-22,24-25H2,1-4H3,(H,41,42)(H,43,46)(H,44,49)(H,45,47)/t34-,35+,40?/m1/s1. The molecule has 278 valence electrons. The number of carbonyl (C=O) groups is 4. The number of alkyl carbamates (subject to hydrolysis) is 1. The Labute approximate surface area is 305 Å². The van der Waals surface area contributed by atoms with Gasteiger partial charge in [-0.2, -0.15) is 0 Å². The van der Waals surface area contributed by atoms with E-state index < -0.39 is 41.7 Å². The number of hydrogen-bond acceptors (Lipinski definition) is 8. The lowest BCUT2D eigenvalue weighted by Gasteiger charge is -2.30. The molecule has 0 saturated heterocycles. The molecule has 0 bridgehead atoms. The van der Waals surface area contributed by atoms with Crippen LogP contribution in [0, 0.1) is 11.8 Å². The summed E-state index contributed by atoms with van der Waals surface area (Å²) in [6.45, 7) is 7.94. The highest BCUT2D eigenvalue weighted by Gasteiger charge is 2.41. The first-order valence-corrected chi connectivity index (χ1v) is 17.9. The van der Waals surface area contributed by atoms with Crippen molar-refractivity contribution in [3.05, 3.63) is 102 Å². The van der Waals surface area contributed by atoms with Gasteiger partial charge in [0.25, 0.3) is 0 Å². The van der Waals surface area contributed by atoms with Crippen molar-refractivity contribution in [3.63, 3.8) is 0 Å². The number of ether oxygens (including phenoxy) is 2. The number of fused-ring (bicyclic) bond motifs is 1. The van der Waals surface area contributed by atoms with Crippen LogP contribution in [0.25, 0.3) is 10.8 Å². The summed E-state index contributed by atoms with van der Waals surface area (Å²) in [5.41, 5.74) is -0.251. The van der Waals surface area contributed by atoms with Crippen LogP contribution < -0.4 is 16.0 Å². The van der Waals surface area contributed by atoms with E-state index in [0.29, 0.717) is 18.0 Å². The van der Waals surface area contributed by atoms with Gasteiger partial charge in [0.05, 0.1) is 12.9 Å². The van der Waals surface area contributed by atoms with Crippen molar-refractivity contribution in [2.45, 2.75) is 90.6 Å². The van der Waals surface area contributed by atoms with Crippen LogP contribution in [0.15, 0.2) is 85.3 Å². The monoisotopic (exact) mass is 713 g/mol. The van der Waals surface area contributed by atoms with Gasteiger partial charge in [-0.1, -0.05) is 113 Å². The first-order valence-electron chi connectivity index (χ1n) is 17.9. The van der Waals surface area contributed by atoms with Crippen LogP contribution in [0.4, 0.5) is 4.79 Å². The summed E-state index contributed by atoms with van der Waals surface area (Å²) in [4.78, 5) is 61.5. The first-order chi connectivity index (χ1) is 24.9. The van der Waals surface area contributed by atoms with Gasteiger partial charge in [0, 0.05) is 31.2 Å². The number of hydrogen-bond donors (Lipinski definition) is 5. The lowest BCUT2D eigenvalue weighted by atomic mass is 9.98. The van der Waals surface area contributed by atoms with E-state index in [1.807, 2.05) is 86.6 Å². The van der Waals surface area contributed by atoms with Crippen molar-refractivity contribution >= 4 is 34.6 Å². The van der Waals surface area contributed by atoms with Gasteiger partial charge in [0.15, 0.2) is 0 Å². The molecule has 52 heavy (non-hydrogen) atoms. The SMILES string of the molecule is CC(C)CCCCC(O)(NC(=O)[C@H](Cc1cnc[nH]1)NC(=O)[C@@H](Cc1cccc2ccccc12)NC(=O)OCc1ccccc1)C(=O)OCC(C)C. The molecule has 1 aromatic heterocycles. The third-order valence-electron chi connectivity index (χ3n) is 8.52. The molecule has 0 aliphatic carbocycles. The second-order valence-electron chi connectivity index (χ2n) is 13.9. The van der Waals surface area contributed by atoms with Crippen molar-refractivity contribution in [1.82, 2.24) is 25.9 Å². The predicted molar refractivity (Wildman–Crippen MR) is 198 cm³/mol. The maximum atomic E-state index is 14.1. The smallest absolute Gasteiger partial charge is 0.408 e. The van der Waals surface area contributed by atoms with Gasteiger partial charge in [-0.25, -0.2) is 14.6 Å². The summed E-state index contributed by atoms with van der Waals surface area (Å²) in [5.74, 6) is -2.03. The number of benzene rings is 3. The molecular formula is C40H51N5O7. The third kappa shape index (κ3) is 12.2. The zero-order valence-corrected chi connectivity index (χ0v) is 30.4. The largest absolute Gasteiger partial charge is 0.462 e. The average Bonchev–Trinajstić information content (AvgIpc) is 3.64. The van der Waals surface area contributed by atoms with E-state index in [4.69, 9.17) is 9.47 Å². The molecule has 12 heteroatoms. The maximum Gasteiger partial charge on any atom is 0.408 e. The number of H-pyrrole nitrogens is 1. The number of esters is 1. The van der Waals surface area contributed by atoms with Gasteiger partial charge >= 0.3 is 12.1 Å². The van der Waals surface area contributed by atoms with E-state index in [9.17, 15) is 24.3 Å². The van der Waals surface area contributed by atoms with Crippen molar-refractivity contribution in [2.24, 2.45) is 11.8 Å². The molecule has 0 aliphatic heterocycles. The van der Waals surface area contributed by atoms with E-state index in [-0.39, 0.29) is 38.4 Å². The van der Waals surface area contributed by atoms with E-state index in [1.54, 1.807) is 0 Å². The quantitative estimate of drug-likeness (QED) is 0.0492. The summed E-state index contributed by atoms with van der Waals surface area (Å²) >= 11 is 0. The number of aromatic amines is 1. The first kappa shape index (κ1) is 39.6. The molecule has 5 N–H and O–H groups in total. The summed E-state index contributed by atoms with van der Waals surface area (Å²) < 4.78 is 10.8. The fourth-order valence-electron chi connectivity index (χ4n) is 5.71. The highest BCUT2D eigenvalue weighted by Crippen LogP contribution is 2.21. The Bertz CT molecular complexity index is 1740. The number of nitrogens with one attached hydrogen (secondary N) is 4. The van der Waals surface area contributed by atoms with Crippen LogP contribution in [0.1, 0.15) is 70.2 Å². The topological polar surface area (TPSA) is 172 Å².